The van der Waals surface area contributed by atoms with Crippen molar-refractivity contribution in [2.45, 2.75) is 33.1 Å². The van der Waals surface area contributed by atoms with Crippen LogP contribution in [0.1, 0.15) is 41.4 Å². The van der Waals surface area contributed by atoms with E-state index in [1.165, 1.54) is 31.5 Å². The quantitative estimate of drug-likeness (QED) is 0.894. The van der Waals surface area contributed by atoms with Gasteiger partial charge < -0.3 is 10.2 Å². The Hall–Kier alpha value is -2.14. The molecule has 1 fully saturated rings. The van der Waals surface area contributed by atoms with Crippen molar-refractivity contribution in [2.75, 3.05) is 25.5 Å². The summed E-state index contributed by atoms with van der Waals surface area (Å²) in [6.45, 7) is 6.70. The summed E-state index contributed by atoms with van der Waals surface area (Å²) in [5.74, 6) is 1.48. The fourth-order valence-corrected chi connectivity index (χ4v) is 3.86. The molecular weight excluding hydrogens is 324 g/mol. The van der Waals surface area contributed by atoms with Crippen LogP contribution in [-0.2, 0) is 13.5 Å². The molecule has 5 nitrogen and oxygen atoms in total. The number of amides is 1. The second-order valence-electron chi connectivity index (χ2n) is 7.75. The third-order valence-corrected chi connectivity index (χ3v) is 5.78. The molecule has 5 heteroatoms. The number of aryl methyl sites for hydroxylation is 2. The summed E-state index contributed by atoms with van der Waals surface area (Å²) in [4.78, 5) is 14.8. The lowest BCUT2D eigenvalue weighted by Crippen LogP contribution is -2.36. The van der Waals surface area contributed by atoms with E-state index in [1.54, 1.807) is 10.9 Å². The second-order valence-corrected chi connectivity index (χ2v) is 7.75. The van der Waals surface area contributed by atoms with E-state index in [9.17, 15) is 4.79 Å². The Morgan fingerprint density at radius 2 is 2.00 bits per heavy atom. The maximum absolute atomic E-state index is 12.4. The summed E-state index contributed by atoms with van der Waals surface area (Å²) in [5.41, 5.74) is 3.65. The first-order chi connectivity index (χ1) is 12.4. The van der Waals surface area contributed by atoms with Crippen LogP contribution in [0.15, 0.2) is 30.5 Å². The molecule has 140 valence electrons. The van der Waals surface area contributed by atoms with Gasteiger partial charge in [-0.25, -0.2) is 0 Å². The van der Waals surface area contributed by atoms with Crippen LogP contribution in [0, 0.1) is 18.8 Å². The number of hydrogen-bond acceptors (Lipinski definition) is 3. The number of nitrogens with one attached hydrogen (secondary N) is 1. The zero-order valence-electron chi connectivity index (χ0n) is 16.3. The van der Waals surface area contributed by atoms with Crippen molar-refractivity contribution in [1.29, 1.82) is 0 Å². The highest BCUT2D eigenvalue weighted by Gasteiger charge is 2.23. The lowest BCUT2D eigenvalue weighted by molar-refractivity contribution is 0.102. The number of anilines is 1. The molecule has 1 N–H and O–H groups in total. The molecule has 2 aromatic rings. The Kier molecular flexibility index (Phi) is 5.77. The number of benzene rings is 1. The fraction of sp³-hybridized carbons (Fsp3) is 0.524. The molecular formula is C21H30N4O. The van der Waals surface area contributed by atoms with Gasteiger partial charge in [0.1, 0.15) is 0 Å². The van der Waals surface area contributed by atoms with Crippen molar-refractivity contribution >= 4 is 11.6 Å². The molecule has 2 heterocycles. The lowest BCUT2D eigenvalue weighted by Gasteiger charge is -2.34. The van der Waals surface area contributed by atoms with Crippen LogP contribution in [-0.4, -0.2) is 40.7 Å². The zero-order valence-corrected chi connectivity index (χ0v) is 16.3. The molecule has 0 aliphatic carbocycles. The molecule has 2 unspecified atom stereocenters. The minimum Gasteiger partial charge on any atom is -0.322 e. The van der Waals surface area contributed by atoms with E-state index < -0.39 is 0 Å². The molecule has 26 heavy (non-hydrogen) atoms. The monoisotopic (exact) mass is 354 g/mol. The Labute approximate surface area is 156 Å². The van der Waals surface area contributed by atoms with Crippen molar-refractivity contribution in [2.24, 2.45) is 18.9 Å². The number of nitrogens with zero attached hydrogens (tertiary/aromatic N) is 3. The number of aromatic nitrogens is 2. The average Bonchev–Trinajstić information content (AvgIpc) is 2.95. The minimum absolute atomic E-state index is 0.108. The van der Waals surface area contributed by atoms with Crippen molar-refractivity contribution in [3.05, 3.63) is 47.3 Å². The summed E-state index contributed by atoms with van der Waals surface area (Å²) in [7, 11) is 4.05. The van der Waals surface area contributed by atoms with Crippen molar-refractivity contribution in [3.63, 3.8) is 0 Å². The predicted molar refractivity (Wildman–Crippen MR) is 105 cm³/mol. The zero-order chi connectivity index (χ0) is 18.7. The highest BCUT2D eigenvalue weighted by atomic mass is 16.1. The average molecular weight is 354 g/mol. The third-order valence-electron chi connectivity index (χ3n) is 5.78. The van der Waals surface area contributed by atoms with E-state index >= 15 is 0 Å². The summed E-state index contributed by atoms with van der Waals surface area (Å²) in [6, 6.07) is 8.25. The van der Waals surface area contributed by atoms with E-state index in [4.69, 9.17) is 0 Å². The van der Waals surface area contributed by atoms with E-state index in [2.05, 4.69) is 41.4 Å². The molecule has 1 aromatic heterocycles. The Morgan fingerprint density at radius 1 is 1.27 bits per heavy atom. The molecule has 0 saturated carbocycles. The van der Waals surface area contributed by atoms with E-state index in [-0.39, 0.29) is 5.91 Å². The number of rotatable bonds is 5. The maximum Gasteiger partial charge on any atom is 0.259 e. The molecule has 1 amide bonds. The van der Waals surface area contributed by atoms with Gasteiger partial charge in [0, 0.05) is 25.0 Å². The maximum atomic E-state index is 12.4. The first-order valence-electron chi connectivity index (χ1n) is 9.51. The van der Waals surface area contributed by atoms with E-state index in [0.717, 1.165) is 29.6 Å². The molecule has 1 aromatic carbocycles. The van der Waals surface area contributed by atoms with Gasteiger partial charge >= 0.3 is 0 Å². The Morgan fingerprint density at radius 3 is 2.62 bits per heavy atom. The first-order valence-corrected chi connectivity index (χ1v) is 9.51. The Balaban J connectivity index is 1.53. The number of piperidine rings is 1. The molecule has 1 aliphatic rings. The largest absolute Gasteiger partial charge is 0.322 e. The van der Waals surface area contributed by atoms with E-state index in [0.29, 0.717) is 5.56 Å². The predicted octanol–water partition coefficient (Wildman–Crippen LogP) is 3.50. The molecule has 3 rings (SSSR count). The topological polar surface area (TPSA) is 50.2 Å². The molecule has 2 atom stereocenters. The van der Waals surface area contributed by atoms with Crippen LogP contribution in [0.3, 0.4) is 0 Å². The molecule has 0 radical (unpaired) electrons. The number of hydrogen-bond donors (Lipinski definition) is 1. The summed E-state index contributed by atoms with van der Waals surface area (Å²) in [6.07, 6.45) is 5.27. The van der Waals surface area contributed by atoms with Gasteiger partial charge in [-0.05, 0) is 69.3 Å². The van der Waals surface area contributed by atoms with Crippen LogP contribution >= 0.6 is 0 Å². The van der Waals surface area contributed by atoms with Gasteiger partial charge in [-0.1, -0.05) is 19.1 Å². The molecule has 0 spiro atoms. The van der Waals surface area contributed by atoms with Gasteiger partial charge in [0.2, 0.25) is 0 Å². The standard InChI is InChI=1S/C21H30N4O/c1-15-14-24(3)12-11-18(15)8-5-17-6-9-19(10-7-17)23-21(26)20-13-22-25(4)16(20)2/h6-7,9-10,13,15,18H,5,8,11-12,14H2,1-4H3,(H,23,26). The summed E-state index contributed by atoms with van der Waals surface area (Å²) in [5, 5.41) is 7.08. The molecule has 0 bridgehead atoms. The normalized spacial score (nSPS) is 20.9. The van der Waals surface area contributed by atoms with Crippen LogP contribution in [0.2, 0.25) is 0 Å². The highest BCUT2D eigenvalue weighted by Crippen LogP contribution is 2.27. The fourth-order valence-electron chi connectivity index (χ4n) is 3.86. The van der Waals surface area contributed by atoms with Gasteiger partial charge in [-0.2, -0.15) is 5.10 Å². The first kappa shape index (κ1) is 18.6. The van der Waals surface area contributed by atoms with Gasteiger partial charge in [0.25, 0.3) is 5.91 Å². The lowest BCUT2D eigenvalue weighted by atomic mass is 9.83. The van der Waals surface area contributed by atoms with Gasteiger partial charge in [0.15, 0.2) is 0 Å². The van der Waals surface area contributed by atoms with Gasteiger partial charge in [-0.3, -0.25) is 9.48 Å². The second kappa shape index (κ2) is 8.04. The number of likely N-dealkylation sites (tertiary alicyclic amines) is 1. The number of carbonyl (C=O) groups is 1. The van der Waals surface area contributed by atoms with Gasteiger partial charge in [-0.15, -0.1) is 0 Å². The third kappa shape index (κ3) is 4.33. The smallest absolute Gasteiger partial charge is 0.259 e. The van der Waals surface area contributed by atoms with E-state index in [1.807, 2.05) is 26.1 Å². The Bertz CT molecular complexity index is 750. The molecule has 1 aliphatic heterocycles. The van der Waals surface area contributed by atoms with Crippen LogP contribution in [0.4, 0.5) is 5.69 Å². The van der Waals surface area contributed by atoms with Gasteiger partial charge in [0.05, 0.1) is 11.8 Å². The SMILES string of the molecule is Cc1c(C(=O)Nc2ccc(CCC3CCN(C)CC3C)cc2)cnn1C. The van der Waals surface area contributed by atoms with Crippen LogP contribution in [0.5, 0.6) is 0 Å². The van der Waals surface area contributed by atoms with Crippen molar-refractivity contribution in [1.82, 2.24) is 14.7 Å². The van der Waals surface area contributed by atoms with Crippen molar-refractivity contribution < 1.29 is 4.79 Å². The minimum atomic E-state index is -0.108. The summed E-state index contributed by atoms with van der Waals surface area (Å²) < 4.78 is 1.71. The van der Waals surface area contributed by atoms with Crippen molar-refractivity contribution in [3.8, 4) is 0 Å². The van der Waals surface area contributed by atoms with Crippen LogP contribution in [0.25, 0.3) is 0 Å². The number of carbonyl (C=O) groups excluding carboxylic acids is 1. The highest BCUT2D eigenvalue weighted by molar-refractivity contribution is 6.04. The summed E-state index contributed by atoms with van der Waals surface area (Å²) >= 11 is 0. The van der Waals surface area contributed by atoms with Crippen LogP contribution < -0.4 is 5.32 Å². The molecule has 1 saturated heterocycles.